The molecule has 0 aromatic rings. The second kappa shape index (κ2) is 5.46. The van der Waals surface area contributed by atoms with E-state index in [1.165, 1.54) is 0 Å². The van der Waals surface area contributed by atoms with E-state index < -0.39 is 16.9 Å². The van der Waals surface area contributed by atoms with Crippen LogP contribution < -0.4 is 0 Å². The molecule has 5 nitrogen and oxygen atoms in total. The SMILES string of the molecule is CS(=O)(=O)OCOC(=O)C1CCCCC1. The molecule has 88 valence electrons. The molecule has 1 aliphatic rings. The summed E-state index contributed by atoms with van der Waals surface area (Å²) in [4.78, 5) is 11.4. The molecule has 0 atom stereocenters. The zero-order valence-electron chi connectivity index (χ0n) is 8.77. The van der Waals surface area contributed by atoms with Gasteiger partial charge >= 0.3 is 5.97 Å². The summed E-state index contributed by atoms with van der Waals surface area (Å²) in [7, 11) is -3.53. The Morgan fingerprint density at radius 3 is 2.40 bits per heavy atom. The van der Waals surface area contributed by atoms with Gasteiger partial charge in [0.2, 0.25) is 6.79 Å². The van der Waals surface area contributed by atoms with E-state index in [0.29, 0.717) is 0 Å². The second-order valence-electron chi connectivity index (χ2n) is 3.74. The highest BCUT2D eigenvalue weighted by molar-refractivity contribution is 7.85. The van der Waals surface area contributed by atoms with Gasteiger partial charge < -0.3 is 4.74 Å². The van der Waals surface area contributed by atoms with E-state index in [0.717, 1.165) is 38.4 Å². The summed E-state index contributed by atoms with van der Waals surface area (Å²) >= 11 is 0. The van der Waals surface area contributed by atoms with Crippen LogP contribution in [0, 0.1) is 5.92 Å². The van der Waals surface area contributed by atoms with Crippen molar-refractivity contribution in [2.45, 2.75) is 32.1 Å². The van der Waals surface area contributed by atoms with Gasteiger partial charge in [-0.05, 0) is 12.8 Å². The van der Waals surface area contributed by atoms with Crippen LogP contribution in [0.3, 0.4) is 0 Å². The zero-order chi connectivity index (χ0) is 11.3. The molecule has 0 amide bonds. The highest BCUT2D eigenvalue weighted by Crippen LogP contribution is 2.24. The third kappa shape index (κ3) is 5.13. The number of hydrogen-bond acceptors (Lipinski definition) is 5. The lowest BCUT2D eigenvalue weighted by atomic mass is 9.89. The molecule has 0 saturated heterocycles. The van der Waals surface area contributed by atoms with E-state index in [-0.39, 0.29) is 11.9 Å². The van der Waals surface area contributed by atoms with Crippen LogP contribution in [0.4, 0.5) is 0 Å². The smallest absolute Gasteiger partial charge is 0.311 e. The predicted molar refractivity (Wildman–Crippen MR) is 53.5 cm³/mol. The first kappa shape index (κ1) is 12.4. The van der Waals surface area contributed by atoms with E-state index in [1.54, 1.807) is 0 Å². The fourth-order valence-corrected chi connectivity index (χ4v) is 1.85. The minimum atomic E-state index is -3.53. The Kier molecular flexibility index (Phi) is 4.53. The zero-order valence-corrected chi connectivity index (χ0v) is 9.59. The van der Waals surface area contributed by atoms with Gasteiger partial charge in [0.25, 0.3) is 10.1 Å². The molecule has 0 bridgehead atoms. The Labute approximate surface area is 89.9 Å². The molecule has 1 aliphatic carbocycles. The average Bonchev–Trinajstić information content (AvgIpc) is 2.17. The molecule has 0 aromatic carbocycles. The molecule has 1 rings (SSSR count). The largest absolute Gasteiger partial charge is 0.437 e. The number of ether oxygens (including phenoxy) is 1. The quantitative estimate of drug-likeness (QED) is 0.414. The fourth-order valence-electron chi connectivity index (χ4n) is 1.63. The van der Waals surface area contributed by atoms with E-state index >= 15 is 0 Å². The average molecular weight is 236 g/mol. The van der Waals surface area contributed by atoms with Crippen LogP contribution in [0.2, 0.25) is 0 Å². The van der Waals surface area contributed by atoms with Crippen molar-refractivity contribution < 1.29 is 22.1 Å². The Hall–Kier alpha value is -0.620. The van der Waals surface area contributed by atoms with Crippen molar-refractivity contribution in [2.24, 2.45) is 5.92 Å². The third-order valence-electron chi connectivity index (χ3n) is 2.40. The van der Waals surface area contributed by atoms with Crippen molar-refractivity contribution in [3.05, 3.63) is 0 Å². The maximum Gasteiger partial charge on any atom is 0.311 e. The van der Waals surface area contributed by atoms with Gasteiger partial charge in [0.05, 0.1) is 12.2 Å². The fraction of sp³-hybridized carbons (Fsp3) is 0.889. The topological polar surface area (TPSA) is 69.7 Å². The monoisotopic (exact) mass is 236 g/mol. The molecule has 0 spiro atoms. The standard InChI is InChI=1S/C9H16O5S/c1-15(11,12)14-7-13-9(10)8-5-3-2-4-6-8/h8H,2-7H2,1H3. The molecular weight excluding hydrogens is 220 g/mol. The Balaban J connectivity index is 2.23. The summed E-state index contributed by atoms with van der Waals surface area (Å²) in [6.07, 6.45) is 5.81. The van der Waals surface area contributed by atoms with Crippen LogP contribution in [0.25, 0.3) is 0 Å². The van der Waals surface area contributed by atoms with Crippen molar-refractivity contribution in [2.75, 3.05) is 13.0 Å². The molecule has 15 heavy (non-hydrogen) atoms. The third-order valence-corrected chi connectivity index (χ3v) is 2.93. The first-order valence-corrected chi connectivity index (χ1v) is 6.82. The number of carbonyl (C=O) groups excluding carboxylic acids is 1. The van der Waals surface area contributed by atoms with E-state index in [2.05, 4.69) is 4.18 Å². The molecule has 0 radical (unpaired) electrons. The molecular formula is C9H16O5S. The van der Waals surface area contributed by atoms with Gasteiger partial charge in [0, 0.05) is 0 Å². The molecule has 1 saturated carbocycles. The lowest BCUT2D eigenvalue weighted by Gasteiger charge is -2.19. The van der Waals surface area contributed by atoms with Gasteiger partial charge in [0.1, 0.15) is 0 Å². The van der Waals surface area contributed by atoms with E-state index in [1.807, 2.05) is 0 Å². The molecule has 0 heterocycles. The molecule has 0 aliphatic heterocycles. The first-order chi connectivity index (χ1) is 6.99. The summed E-state index contributed by atoms with van der Waals surface area (Å²) in [6, 6.07) is 0. The molecule has 0 unspecified atom stereocenters. The van der Waals surface area contributed by atoms with Crippen LogP contribution in [0.15, 0.2) is 0 Å². The van der Waals surface area contributed by atoms with Gasteiger partial charge in [-0.25, -0.2) is 4.18 Å². The summed E-state index contributed by atoms with van der Waals surface area (Å²) < 4.78 is 30.2. The summed E-state index contributed by atoms with van der Waals surface area (Å²) in [5, 5.41) is 0. The summed E-state index contributed by atoms with van der Waals surface area (Å²) in [6.45, 7) is -0.506. The van der Waals surface area contributed by atoms with Gasteiger partial charge in [-0.3, -0.25) is 4.79 Å². The number of esters is 1. The van der Waals surface area contributed by atoms with Gasteiger partial charge in [-0.2, -0.15) is 8.42 Å². The highest BCUT2D eigenvalue weighted by atomic mass is 32.2. The molecule has 0 aromatic heterocycles. The molecule has 0 N–H and O–H groups in total. The number of hydrogen-bond donors (Lipinski definition) is 0. The summed E-state index contributed by atoms with van der Waals surface area (Å²) in [5.41, 5.74) is 0. The van der Waals surface area contributed by atoms with Gasteiger partial charge in [-0.1, -0.05) is 19.3 Å². The molecule has 1 fully saturated rings. The minimum Gasteiger partial charge on any atom is -0.437 e. The summed E-state index contributed by atoms with van der Waals surface area (Å²) in [5.74, 6) is -0.430. The lowest BCUT2D eigenvalue weighted by Crippen LogP contribution is -2.22. The van der Waals surface area contributed by atoms with Crippen molar-refractivity contribution in [3.63, 3.8) is 0 Å². The van der Waals surface area contributed by atoms with Crippen LogP contribution >= 0.6 is 0 Å². The normalized spacial score (nSPS) is 18.7. The predicted octanol–water partition coefficient (Wildman–Crippen LogP) is 1.04. The Morgan fingerprint density at radius 1 is 1.27 bits per heavy atom. The van der Waals surface area contributed by atoms with Crippen molar-refractivity contribution >= 4 is 16.1 Å². The first-order valence-electron chi connectivity index (χ1n) is 5.00. The number of rotatable bonds is 4. The van der Waals surface area contributed by atoms with Crippen molar-refractivity contribution in [3.8, 4) is 0 Å². The minimum absolute atomic E-state index is 0.0816. The second-order valence-corrected chi connectivity index (χ2v) is 5.38. The van der Waals surface area contributed by atoms with Crippen LogP contribution in [-0.4, -0.2) is 27.4 Å². The highest BCUT2D eigenvalue weighted by Gasteiger charge is 2.22. The lowest BCUT2D eigenvalue weighted by molar-refractivity contribution is -0.155. The number of carbonyl (C=O) groups is 1. The van der Waals surface area contributed by atoms with Gasteiger partial charge in [-0.15, -0.1) is 0 Å². The maximum atomic E-state index is 11.4. The van der Waals surface area contributed by atoms with Crippen LogP contribution in [-0.2, 0) is 23.8 Å². The molecule has 6 heteroatoms. The van der Waals surface area contributed by atoms with Crippen LogP contribution in [0.5, 0.6) is 0 Å². The van der Waals surface area contributed by atoms with Crippen molar-refractivity contribution in [1.82, 2.24) is 0 Å². The van der Waals surface area contributed by atoms with Gasteiger partial charge in [0.15, 0.2) is 0 Å². The Morgan fingerprint density at radius 2 is 1.87 bits per heavy atom. The maximum absolute atomic E-state index is 11.4. The Bertz CT molecular complexity index is 302. The van der Waals surface area contributed by atoms with E-state index in [4.69, 9.17) is 4.74 Å². The van der Waals surface area contributed by atoms with E-state index in [9.17, 15) is 13.2 Å². The van der Waals surface area contributed by atoms with Crippen LogP contribution in [0.1, 0.15) is 32.1 Å². The van der Waals surface area contributed by atoms with Crippen molar-refractivity contribution in [1.29, 1.82) is 0 Å².